The van der Waals surface area contributed by atoms with Gasteiger partial charge in [0.05, 0.1) is 11.0 Å². The van der Waals surface area contributed by atoms with E-state index in [4.69, 9.17) is 10.5 Å². The monoisotopic (exact) mass is 312 g/mol. The maximum absolute atomic E-state index is 12.6. The van der Waals surface area contributed by atoms with Gasteiger partial charge in [-0.05, 0) is 30.5 Å². The Morgan fingerprint density at radius 2 is 2.10 bits per heavy atom. The lowest BCUT2D eigenvalue weighted by atomic mass is 9.65. The molecule has 1 aromatic carbocycles. The number of hydrogen-bond acceptors (Lipinski definition) is 4. The molecule has 3 N–H and O–H groups in total. The van der Waals surface area contributed by atoms with Gasteiger partial charge in [-0.3, -0.25) is 0 Å². The zero-order valence-electron chi connectivity index (χ0n) is 13.0. The first-order valence-electron chi connectivity index (χ1n) is 7.07. The van der Waals surface area contributed by atoms with Crippen LogP contribution in [0.5, 0.6) is 0 Å². The van der Waals surface area contributed by atoms with E-state index >= 15 is 0 Å². The van der Waals surface area contributed by atoms with Gasteiger partial charge in [0, 0.05) is 25.1 Å². The quantitative estimate of drug-likeness (QED) is 0.864. The summed E-state index contributed by atoms with van der Waals surface area (Å²) < 4.78 is 33.4. The van der Waals surface area contributed by atoms with Crippen molar-refractivity contribution in [2.75, 3.05) is 7.11 Å². The van der Waals surface area contributed by atoms with E-state index in [0.717, 1.165) is 5.56 Å². The zero-order chi connectivity index (χ0) is 15.8. The van der Waals surface area contributed by atoms with Crippen LogP contribution in [-0.2, 0) is 21.3 Å². The number of hydrogen-bond donors (Lipinski definition) is 2. The number of rotatable bonds is 5. The van der Waals surface area contributed by atoms with Crippen molar-refractivity contribution in [3.63, 3.8) is 0 Å². The number of benzene rings is 1. The molecule has 1 saturated carbocycles. The van der Waals surface area contributed by atoms with Crippen LogP contribution in [0.2, 0.25) is 0 Å². The van der Waals surface area contributed by atoms with Gasteiger partial charge in [-0.2, -0.15) is 0 Å². The van der Waals surface area contributed by atoms with E-state index in [1.807, 2.05) is 19.9 Å². The highest BCUT2D eigenvalue weighted by Gasteiger charge is 2.50. The Bertz CT molecular complexity index is 626. The Morgan fingerprint density at radius 1 is 1.43 bits per heavy atom. The molecule has 1 aliphatic carbocycles. The Labute approximate surface area is 126 Å². The molecular formula is C15H24N2O3S. The third kappa shape index (κ3) is 2.85. The fraction of sp³-hybridized carbons (Fsp3) is 0.600. The van der Waals surface area contributed by atoms with Gasteiger partial charge in [-0.25, -0.2) is 13.1 Å². The smallest absolute Gasteiger partial charge is 0.241 e. The van der Waals surface area contributed by atoms with E-state index in [2.05, 4.69) is 4.72 Å². The van der Waals surface area contributed by atoms with Crippen molar-refractivity contribution in [1.29, 1.82) is 0 Å². The first-order chi connectivity index (χ1) is 9.74. The molecule has 1 fully saturated rings. The lowest BCUT2D eigenvalue weighted by Gasteiger charge is -2.51. The first kappa shape index (κ1) is 16.4. The molecule has 6 heteroatoms. The summed E-state index contributed by atoms with van der Waals surface area (Å²) in [5.74, 6) is 0. The predicted octanol–water partition coefficient (Wildman–Crippen LogP) is 1.55. The highest BCUT2D eigenvalue weighted by atomic mass is 32.2. The number of nitrogens with two attached hydrogens (primary N) is 1. The van der Waals surface area contributed by atoms with Crippen LogP contribution in [0.15, 0.2) is 23.1 Å². The molecule has 1 aromatic rings. The van der Waals surface area contributed by atoms with E-state index in [-0.39, 0.29) is 17.6 Å². The van der Waals surface area contributed by atoms with Gasteiger partial charge in [0.1, 0.15) is 0 Å². The molecule has 0 radical (unpaired) electrons. The highest BCUT2D eigenvalue weighted by molar-refractivity contribution is 7.89. The lowest BCUT2D eigenvalue weighted by Crippen LogP contribution is -2.61. The summed E-state index contributed by atoms with van der Waals surface area (Å²) in [4.78, 5) is 0.308. The van der Waals surface area contributed by atoms with Crippen LogP contribution >= 0.6 is 0 Å². The Hall–Kier alpha value is -0.950. The summed E-state index contributed by atoms with van der Waals surface area (Å²) in [6.45, 7) is 6.15. The summed E-state index contributed by atoms with van der Waals surface area (Å²) >= 11 is 0. The summed E-state index contributed by atoms with van der Waals surface area (Å²) in [5, 5.41) is 0. The normalized spacial score (nSPS) is 24.6. The number of methoxy groups -OCH3 is 1. The maximum Gasteiger partial charge on any atom is 0.241 e. The average molecular weight is 312 g/mol. The standard InChI is InChI=1S/C15H24N2O3S/c1-10-11(9-16)6-5-7-12(10)21(18,19)17-13-8-14(20-4)15(13,2)3/h5-7,13-14,17H,8-9,16H2,1-4H3. The molecule has 0 bridgehead atoms. The average Bonchev–Trinajstić information content (AvgIpc) is 2.43. The minimum atomic E-state index is -3.55. The lowest BCUT2D eigenvalue weighted by molar-refractivity contribution is -0.0908. The summed E-state index contributed by atoms with van der Waals surface area (Å²) in [6.07, 6.45) is 0.778. The second-order valence-electron chi connectivity index (χ2n) is 6.20. The molecule has 21 heavy (non-hydrogen) atoms. The fourth-order valence-corrected chi connectivity index (χ4v) is 4.60. The largest absolute Gasteiger partial charge is 0.381 e. The molecule has 0 saturated heterocycles. The van der Waals surface area contributed by atoms with Crippen molar-refractivity contribution >= 4 is 10.0 Å². The summed E-state index contributed by atoms with van der Waals surface area (Å²) in [5.41, 5.74) is 7.01. The van der Waals surface area contributed by atoms with Crippen molar-refractivity contribution < 1.29 is 13.2 Å². The van der Waals surface area contributed by atoms with Crippen molar-refractivity contribution in [3.05, 3.63) is 29.3 Å². The minimum Gasteiger partial charge on any atom is -0.381 e. The molecule has 1 aliphatic rings. The van der Waals surface area contributed by atoms with E-state index < -0.39 is 10.0 Å². The van der Waals surface area contributed by atoms with Crippen molar-refractivity contribution in [1.82, 2.24) is 4.72 Å². The Morgan fingerprint density at radius 3 is 2.62 bits per heavy atom. The van der Waals surface area contributed by atoms with Crippen LogP contribution in [0.25, 0.3) is 0 Å². The molecule has 0 heterocycles. The third-order valence-corrected chi connectivity index (χ3v) is 6.28. The van der Waals surface area contributed by atoms with E-state index in [1.165, 1.54) is 0 Å². The second-order valence-corrected chi connectivity index (χ2v) is 7.88. The van der Waals surface area contributed by atoms with Gasteiger partial charge in [0.2, 0.25) is 10.0 Å². The molecule has 2 rings (SSSR count). The summed E-state index contributed by atoms with van der Waals surface area (Å²) in [6, 6.07) is 5.08. The van der Waals surface area contributed by atoms with Crippen LogP contribution in [-0.4, -0.2) is 27.7 Å². The van der Waals surface area contributed by atoms with Crippen LogP contribution in [0.4, 0.5) is 0 Å². The van der Waals surface area contributed by atoms with Gasteiger partial charge >= 0.3 is 0 Å². The zero-order valence-corrected chi connectivity index (χ0v) is 13.8. The minimum absolute atomic E-state index is 0.0849. The van der Waals surface area contributed by atoms with E-state index in [9.17, 15) is 8.42 Å². The summed E-state index contributed by atoms with van der Waals surface area (Å²) in [7, 11) is -1.89. The van der Waals surface area contributed by atoms with E-state index in [0.29, 0.717) is 23.4 Å². The topological polar surface area (TPSA) is 81.4 Å². The molecule has 0 spiro atoms. The van der Waals surface area contributed by atoms with Gasteiger partial charge in [0.25, 0.3) is 0 Å². The van der Waals surface area contributed by atoms with Gasteiger partial charge in [-0.15, -0.1) is 0 Å². The fourth-order valence-electron chi connectivity index (χ4n) is 2.91. The second kappa shape index (κ2) is 5.68. The molecule has 118 valence electrons. The van der Waals surface area contributed by atoms with Gasteiger partial charge in [0.15, 0.2) is 0 Å². The number of sulfonamides is 1. The molecule has 2 unspecified atom stereocenters. The molecule has 5 nitrogen and oxygen atoms in total. The molecule has 2 atom stereocenters. The molecule has 0 amide bonds. The third-order valence-electron chi connectivity index (χ3n) is 4.67. The van der Waals surface area contributed by atoms with E-state index in [1.54, 1.807) is 26.2 Å². The van der Waals surface area contributed by atoms with Crippen molar-refractivity contribution in [3.8, 4) is 0 Å². The maximum atomic E-state index is 12.6. The molecule has 0 aromatic heterocycles. The van der Waals surface area contributed by atoms with Crippen LogP contribution in [0.1, 0.15) is 31.4 Å². The van der Waals surface area contributed by atoms with Crippen LogP contribution in [0, 0.1) is 12.3 Å². The number of ether oxygens (including phenoxy) is 1. The molecular weight excluding hydrogens is 288 g/mol. The highest BCUT2D eigenvalue weighted by Crippen LogP contribution is 2.43. The van der Waals surface area contributed by atoms with Crippen LogP contribution in [0.3, 0.4) is 0 Å². The predicted molar refractivity (Wildman–Crippen MR) is 82.4 cm³/mol. The van der Waals surface area contributed by atoms with Gasteiger partial charge in [-0.1, -0.05) is 26.0 Å². The van der Waals surface area contributed by atoms with Crippen molar-refractivity contribution in [2.24, 2.45) is 11.1 Å². The molecule has 0 aliphatic heterocycles. The van der Waals surface area contributed by atoms with Crippen molar-refractivity contribution in [2.45, 2.75) is 50.8 Å². The van der Waals surface area contributed by atoms with Crippen LogP contribution < -0.4 is 10.5 Å². The van der Waals surface area contributed by atoms with Gasteiger partial charge < -0.3 is 10.5 Å². The number of nitrogens with one attached hydrogen (secondary N) is 1. The first-order valence-corrected chi connectivity index (χ1v) is 8.56. The Kier molecular flexibility index (Phi) is 4.44. The Balaban J connectivity index is 2.25. The SMILES string of the molecule is COC1CC(NS(=O)(=O)c2cccc(CN)c2C)C1(C)C.